The van der Waals surface area contributed by atoms with Crippen molar-refractivity contribution in [2.75, 3.05) is 0 Å². The predicted octanol–water partition coefficient (Wildman–Crippen LogP) is 1.62. The van der Waals surface area contributed by atoms with Gasteiger partial charge in [-0.15, -0.1) is 0 Å². The maximum absolute atomic E-state index is 11.1. The molecule has 0 fully saturated rings. The summed E-state index contributed by atoms with van der Waals surface area (Å²) in [5.74, 6) is -3.03. The van der Waals surface area contributed by atoms with E-state index in [9.17, 15) is 14.7 Å². The molecule has 0 aliphatic carbocycles. The van der Waals surface area contributed by atoms with Crippen LogP contribution in [0.15, 0.2) is 12.1 Å². The normalized spacial score (nSPS) is 9.86. The van der Waals surface area contributed by atoms with Crippen molar-refractivity contribution in [2.24, 2.45) is 0 Å². The second kappa shape index (κ2) is 3.67. The third-order valence-electron chi connectivity index (χ3n) is 1.64. The second-order valence-electron chi connectivity index (χ2n) is 2.78. The Labute approximate surface area is 84.7 Å². The van der Waals surface area contributed by atoms with E-state index < -0.39 is 11.8 Å². The predicted molar refractivity (Wildman–Crippen MR) is 49.8 cm³/mol. The van der Waals surface area contributed by atoms with Crippen LogP contribution in [0.4, 0.5) is 0 Å². The van der Waals surface area contributed by atoms with Crippen LogP contribution in [-0.2, 0) is 4.79 Å². The molecule has 0 unspecified atom stereocenters. The Balaban J connectivity index is 3.34. The summed E-state index contributed by atoms with van der Waals surface area (Å²) in [6.07, 6.45) is 0. The molecule has 4 nitrogen and oxygen atoms in total. The molecule has 1 aromatic rings. The molecule has 0 spiro atoms. The molecule has 0 aliphatic heterocycles. The van der Waals surface area contributed by atoms with Crippen molar-refractivity contribution < 1.29 is 19.8 Å². The van der Waals surface area contributed by atoms with Crippen LogP contribution >= 0.6 is 11.6 Å². The highest BCUT2D eigenvalue weighted by molar-refractivity contribution is 6.45. The van der Waals surface area contributed by atoms with Crippen LogP contribution in [0.2, 0.25) is 5.02 Å². The van der Waals surface area contributed by atoms with E-state index >= 15 is 0 Å². The lowest BCUT2D eigenvalue weighted by Gasteiger charge is -2.03. The Morgan fingerprint density at radius 3 is 2.43 bits per heavy atom. The number of phenols is 1. The third-order valence-corrected chi connectivity index (χ3v) is 2.03. The second-order valence-corrected chi connectivity index (χ2v) is 3.16. The third kappa shape index (κ3) is 1.85. The summed E-state index contributed by atoms with van der Waals surface area (Å²) in [4.78, 5) is 21.5. The van der Waals surface area contributed by atoms with Crippen molar-refractivity contribution in [3.05, 3.63) is 28.3 Å². The number of hydrogen-bond donors (Lipinski definition) is 2. The SMILES string of the molecule is Cc1cc(O)c(Cl)c(C(=O)C(=O)O)c1. The van der Waals surface area contributed by atoms with E-state index in [0.717, 1.165) is 0 Å². The lowest BCUT2D eigenvalue weighted by molar-refractivity contribution is -0.131. The van der Waals surface area contributed by atoms with E-state index in [0.29, 0.717) is 5.56 Å². The van der Waals surface area contributed by atoms with Crippen LogP contribution in [0.1, 0.15) is 15.9 Å². The first-order valence-electron chi connectivity index (χ1n) is 3.70. The molecule has 0 bridgehead atoms. The maximum atomic E-state index is 11.1. The number of ketones is 1. The number of carbonyl (C=O) groups excluding carboxylic acids is 1. The van der Waals surface area contributed by atoms with Crippen LogP contribution in [0, 0.1) is 6.92 Å². The van der Waals surface area contributed by atoms with Gasteiger partial charge in [-0.05, 0) is 24.6 Å². The van der Waals surface area contributed by atoms with Gasteiger partial charge >= 0.3 is 5.97 Å². The summed E-state index contributed by atoms with van der Waals surface area (Å²) in [5.41, 5.74) is 0.369. The van der Waals surface area contributed by atoms with Crippen molar-refractivity contribution >= 4 is 23.4 Å². The van der Waals surface area contributed by atoms with E-state index in [4.69, 9.17) is 16.7 Å². The summed E-state index contributed by atoms with van der Waals surface area (Å²) in [6.45, 7) is 1.62. The largest absolute Gasteiger partial charge is 0.506 e. The number of aryl methyl sites for hydroxylation is 1. The van der Waals surface area contributed by atoms with Gasteiger partial charge in [-0.1, -0.05) is 11.6 Å². The summed E-state index contributed by atoms with van der Waals surface area (Å²) >= 11 is 5.57. The van der Waals surface area contributed by atoms with Gasteiger partial charge < -0.3 is 10.2 Å². The van der Waals surface area contributed by atoms with Crippen LogP contribution < -0.4 is 0 Å². The molecule has 0 amide bonds. The molecule has 0 heterocycles. The Kier molecular flexibility index (Phi) is 2.76. The van der Waals surface area contributed by atoms with Gasteiger partial charge in [0.15, 0.2) is 0 Å². The number of carboxylic acid groups (broad SMARTS) is 1. The van der Waals surface area contributed by atoms with Crippen molar-refractivity contribution in [3.8, 4) is 5.75 Å². The lowest BCUT2D eigenvalue weighted by Crippen LogP contribution is -2.13. The van der Waals surface area contributed by atoms with E-state index in [1.165, 1.54) is 12.1 Å². The first kappa shape index (κ1) is 10.5. The van der Waals surface area contributed by atoms with Gasteiger partial charge in [0.2, 0.25) is 0 Å². The van der Waals surface area contributed by atoms with Gasteiger partial charge in [0.1, 0.15) is 5.75 Å². The zero-order valence-corrected chi connectivity index (χ0v) is 8.00. The van der Waals surface area contributed by atoms with E-state index in [2.05, 4.69) is 0 Å². The molecule has 2 N–H and O–H groups in total. The van der Waals surface area contributed by atoms with Crippen LogP contribution in [0.3, 0.4) is 0 Å². The topological polar surface area (TPSA) is 74.6 Å². The number of benzene rings is 1. The molecule has 74 valence electrons. The Bertz CT molecular complexity index is 412. The van der Waals surface area contributed by atoms with E-state index in [-0.39, 0.29) is 16.3 Å². The first-order chi connectivity index (χ1) is 6.43. The average molecular weight is 215 g/mol. The van der Waals surface area contributed by atoms with E-state index in [1.807, 2.05) is 0 Å². The zero-order chi connectivity index (χ0) is 10.9. The quantitative estimate of drug-likeness (QED) is 0.580. The number of hydrogen-bond acceptors (Lipinski definition) is 3. The van der Waals surface area contributed by atoms with Gasteiger partial charge in [-0.25, -0.2) is 4.79 Å². The fourth-order valence-corrected chi connectivity index (χ4v) is 1.23. The molecule has 0 saturated heterocycles. The highest BCUT2D eigenvalue weighted by Gasteiger charge is 2.20. The summed E-state index contributed by atoms with van der Waals surface area (Å²) in [5, 5.41) is 17.5. The number of phenolic OH excluding ortho intramolecular Hbond substituents is 1. The number of aliphatic carboxylic acids is 1. The van der Waals surface area contributed by atoms with Crippen molar-refractivity contribution in [1.29, 1.82) is 0 Å². The molecular formula is C9H7ClO4. The molecule has 0 aliphatic rings. The molecular weight excluding hydrogens is 208 g/mol. The molecule has 0 saturated carbocycles. The van der Waals surface area contributed by atoms with Crippen LogP contribution in [0.25, 0.3) is 0 Å². The number of halogens is 1. The summed E-state index contributed by atoms with van der Waals surface area (Å²) in [7, 11) is 0. The van der Waals surface area contributed by atoms with Gasteiger partial charge in [0.25, 0.3) is 5.78 Å². The number of rotatable bonds is 2. The van der Waals surface area contributed by atoms with Gasteiger partial charge in [0, 0.05) is 0 Å². The fraction of sp³-hybridized carbons (Fsp3) is 0.111. The Morgan fingerprint density at radius 2 is 1.93 bits per heavy atom. The average Bonchev–Trinajstić information content (AvgIpc) is 2.09. The maximum Gasteiger partial charge on any atom is 0.377 e. The summed E-state index contributed by atoms with van der Waals surface area (Å²) in [6, 6.07) is 2.67. The van der Waals surface area contributed by atoms with Gasteiger partial charge in [0.05, 0.1) is 10.6 Å². The molecule has 0 aromatic heterocycles. The van der Waals surface area contributed by atoms with Crippen molar-refractivity contribution in [3.63, 3.8) is 0 Å². The minimum absolute atomic E-state index is 0.198. The smallest absolute Gasteiger partial charge is 0.377 e. The fourth-order valence-electron chi connectivity index (χ4n) is 1.03. The van der Waals surface area contributed by atoms with Gasteiger partial charge in [-0.2, -0.15) is 0 Å². The molecule has 1 rings (SSSR count). The standard InChI is InChI=1S/C9H7ClO4/c1-4-2-5(8(12)9(13)14)7(10)6(11)3-4/h2-3,11H,1H3,(H,13,14). The minimum Gasteiger partial charge on any atom is -0.506 e. The van der Waals surface area contributed by atoms with Crippen LogP contribution in [-0.4, -0.2) is 22.0 Å². The molecule has 1 aromatic carbocycles. The van der Waals surface area contributed by atoms with Gasteiger partial charge in [-0.3, -0.25) is 4.79 Å². The summed E-state index contributed by atoms with van der Waals surface area (Å²) < 4.78 is 0. The number of carbonyl (C=O) groups is 2. The lowest BCUT2D eigenvalue weighted by atomic mass is 10.1. The zero-order valence-electron chi connectivity index (χ0n) is 7.24. The Hall–Kier alpha value is -1.55. The Morgan fingerprint density at radius 1 is 1.36 bits per heavy atom. The van der Waals surface area contributed by atoms with Crippen molar-refractivity contribution in [2.45, 2.75) is 6.92 Å². The number of Topliss-reactive ketones (excluding diaryl/α,β-unsaturated/α-hetero) is 1. The van der Waals surface area contributed by atoms with Crippen molar-refractivity contribution in [1.82, 2.24) is 0 Å². The minimum atomic E-state index is -1.60. The van der Waals surface area contributed by atoms with E-state index in [1.54, 1.807) is 6.92 Å². The molecule has 0 radical (unpaired) electrons. The van der Waals surface area contributed by atoms with Crippen LogP contribution in [0.5, 0.6) is 5.75 Å². The molecule has 0 atom stereocenters. The highest BCUT2D eigenvalue weighted by Crippen LogP contribution is 2.28. The highest BCUT2D eigenvalue weighted by atomic mass is 35.5. The molecule has 14 heavy (non-hydrogen) atoms. The monoisotopic (exact) mass is 214 g/mol. The number of aromatic hydroxyl groups is 1. The molecule has 5 heteroatoms. The first-order valence-corrected chi connectivity index (χ1v) is 4.08. The number of carboxylic acids is 1.